The molecule has 4 N–H and O–H groups in total. The minimum Gasteiger partial charge on any atom is -0.411 e. The summed E-state index contributed by atoms with van der Waals surface area (Å²) in [5.74, 6) is -0.358. The Kier molecular flexibility index (Phi) is 6.31. The highest BCUT2D eigenvalue weighted by atomic mass is 16.4. The monoisotopic (exact) mass is 160 g/mol. The normalized spacial score (nSPS) is 10.3. The average molecular weight is 160 g/mol. The van der Waals surface area contributed by atoms with Crippen molar-refractivity contribution in [2.75, 3.05) is 20.1 Å². The number of nitrogens with zero attached hydrogens (tertiary/aromatic N) is 1. The van der Waals surface area contributed by atoms with E-state index in [0.29, 0.717) is 6.54 Å². The molecule has 0 aromatic carbocycles. The third kappa shape index (κ3) is 6.79. The lowest BCUT2D eigenvalue weighted by molar-refractivity contribution is -0.626. The molecule has 0 spiro atoms. The van der Waals surface area contributed by atoms with Crippen LogP contribution in [-0.2, 0) is 4.79 Å². The summed E-state index contributed by atoms with van der Waals surface area (Å²) in [5.41, 5.74) is 0. The lowest BCUT2D eigenvalue weighted by atomic mass is 10.4. The zero-order valence-corrected chi connectivity index (χ0v) is 6.58. The number of quaternary nitrogens is 1. The molecule has 0 aromatic rings. The van der Waals surface area contributed by atoms with Gasteiger partial charge in [0.1, 0.15) is 6.21 Å². The maximum atomic E-state index is 10.6. The molecule has 0 saturated carbocycles. The number of oxime groups is 1. The van der Waals surface area contributed by atoms with Crippen LogP contribution >= 0.6 is 0 Å². The Morgan fingerprint density at radius 3 is 3.09 bits per heavy atom. The van der Waals surface area contributed by atoms with Crippen LogP contribution in [0.25, 0.3) is 0 Å². The summed E-state index contributed by atoms with van der Waals surface area (Å²) in [6.45, 7) is 1.60. The molecule has 0 bridgehead atoms. The minimum absolute atomic E-state index is 0.358. The van der Waals surface area contributed by atoms with Crippen molar-refractivity contribution >= 4 is 12.1 Å². The highest BCUT2D eigenvalue weighted by Crippen LogP contribution is 1.68. The van der Waals surface area contributed by atoms with Crippen LogP contribution in [0.3, 0.4) is 0 Å². The van der Waals surface area contributed by atoms with Gasteiger partial charge in [0.05, 0.1) is 13.6 Å². The van der Waals surface area contributed by atoms with Crippen LogP contribution in [0.5, 0.6) is 0 Å². The van der Waals surface area contributed by atoms with Gasteiger partial charge in [0.15, 0.2) is 0 Å². The van der Waals surface area contributed by atoms with Crippen LogP contribution in [0.2, 0.25) is 0 Å². The van der Waals surface area contributed by atoms with Gasteiger partial charge in [-0.15, -0.1) is 0 Å². The first-order valence-electron chi connectivity index (χ1n) is 3.54. The van der Waals surface area contributed by atoms with Crippen LogP contribution in [0.1, 0.15) is 6.42 Å². The SMILES string of the molecule is C[NH2+]CCCNC(=O)/C=N\O. The van der Waals surface area contributed by atoms with Crippen LogP contribution in [0.4, 0.5) is 0 Å². The van der Waals surface area contributed by atoms with Gasteiger partial charge in [0.2, 0.25) is 0 Å². The Morgan fingerprint density at radius 1 is 1.82 bits per heavy atom. The lowest BCUT2D eigenvalue weighted by Crippen LogP contribution is -2.79. The van der Waals surface area contributed by atoms with E-state index in [1.165, 1.54) is 0 Å². The van der Waals surface area contributed by atoms with Crippen molar-refractivity contribution in [3.05, 3.63) is 0 Å². The second-order valence-electron chi connectivity index (χ2n) is 2.09. The molecule has 0 saturated heterocycles. The zero-order valence-electron chi connectivity index (χ0n) is 6.58. The highest BCUT2D eigenvalue weighted by Gasteiger charge is 1.94. The Hall–Kier alpha value is -1.10. The van der Waals surface area contributed by atoms with E-state index < -0.39 is 0 Å². The van der Waals surface area contributed by atoms with Gasteiger partial charge in [-0.3, -0.25) is 4.79 Å². The summed E-state index contributed by atoms with van der Waals surface area (Å²) in [6.07, 6.45) is 1.76. The molecule has 0 aromatic heterocycles. The quantitative estimate of drug-likeness (QED) is 0.191. The molecule has 0 radical (unpaired) electrons. The number of carbonyl (C=O) groups excluding carboxylic acids is 1. The fraction of sp³-hybridized carbons (Fsp3) is 0.667. The number of amides is 1. The molecule has 0 aliphatic rings. The molecule has 1 amide bonds. The molecule has 64 valence electrons. The third-order valence-corrected chi connectivity index (χ3v) is 1.14. The van der Waals surface area contributed by atoms with E-state index in [4.69, 9.17) is 5.21 Å². The van der Waals surface area contributed by atoms with Crippen molar-refractivity contribution in [2.45, 2.75) is 6.42 Å². The van der Waals surface area contributed by atoms with Crippen LogP contribution in [0, 0.1) is 0 Å². The van der Waals surface area contributed by atoms with Gasteiger partial charge in [0, 0.05) is 13.0 Å². The summed E-state index contributed by atoms with van der Waals surface area (Å²) in [7, 11) is 1.97. The van der Waals surface area contributed by atoms with Crippen molar-refractivity contribution in [1.82, 2.24) is 5.32 Å². The van der Waals surface area contributed by atoms with Crippen LogP contribution in [0.15, 0.2) is 5.16 Å². The minimum atomic E-state index is -0.358. The van der Waals surface area contributed by atoms with Gasteiger partial charge in [-0.1, -0.05) is 5.16 Å². The smallest absolute Gasteiger partial charge is 0.265 e. The van der Waals surface area contributed by atoms with Gasteiger partial charge in [-0.05, 0) is 0 Å². The highest BCUT2D eigenvalue weighted by molar-refractivity contribution is 6.25. The first kappa shape index (κ1) is 9.90. The molecule has 0 aliphatic heterocycles. The molecule has 0 fully saturated rings. The molecule has 5 heteroatoms. The van der Waals surface area contributed by atoms with Crippen LogP contribution < -0.4 is 10.6 Å². The molecular weight excluding hydrogens is 146 g/mol. The maximum absolute atomic E-state index is 10.6. The third-order valence-electron chi connectivity index (χ3n) is 1.14. The number of hydrogen-bond donors (Lipinski definition) is 3. The molecule has 0 rings (SSSR count). The van der Waals surface area contributed by atoms with Crippen molar-refractivity contribution < 1.29 is 15.3 Å². The fourth-order valence-electron chi connectivity index (χ4n) is 0.616. The molecule has 0 atom stereocenters. The molecule has 5 nitrogen and oxygen atoms in total. The lowest BCUT2D eigenvalue weighted by Gasteiger charge is -1.98. The van der Waals surface area contributed by atoms with Gasteiger partial charge >= 0.3 is 0 Å². The van der Waals surface area contributed by atoms with Crippen molar-refractivity contribution in [1.29, 1.82) is 0 Å². The van der Waals surface area contributed by atoms with E-state index in [0.717, 1.165) is 19.2 Å². The molecule has 0 heterocycles. The number of hydrogen-bond acceptors (Lipinski definition) is 3. The van der Waals surface area contributed by atoms with Gasteiger partial charge in [0.25, 0.3) is 5.91 Å². The van der Waals surface area contributed by atoms with Gasteiger partial charge in [-0.2, -0.15) is 0 Å². The van der Waals surface area contributed by atoms with Gasteiger partial charge < -0.3 is 15.8 Å². The second-order valence-corrected chi connectivity index (χ2v) is 2.09. The van der Waals surface area contributed by atoms with E-state index in [1.54, 1.807) is 0 Å². The predicted octanol–water partition coefficient (Wildman–Crippen LogP) is -1.85. The molecule has 0 unspecified atom stereocenters. The Bertz CT molecular complexity index is 136. The Balaban J connectivity index is 3.17. The summed E-state index contributed by atoms with van der Waals surface area (Å²) < 4.78 is 0. The number of nitrogens with one attached hydrogen (secondary N) is 1. The topological polar surface area (TPSA) is 78.3 Å². The standard InChI is InChI=1S/C6H13N3O2/c1-7-3-2-4-8-6(10)5-9-11/h5,7,11H,2-4H2,1H3,(H,8,10)/p+1/b9-5-. The van der Waals surface area contributed by atoms with Gasteiger partial charge in [-0.25, -0.2) is 0 Å². The number of carbonyl (C=O) groups is 1. The summed E-state index contributed by atoms with van der Waals surface area (Å²) in [6, 6.07) is 0. The van der Waals surface area contributed by atoms with Crippen LogP contribution in [-0.4, -0.2) is 37.5 Å². The average Bonchev–Trinajstić information content (AvgIpc) is 1.99. The van der Waals surface area contributed by atoms with E-state index in [-0.39, 0.29) is 5.91 Å². The predicted molar refractivity (Wildman–Crippen MR) is 40.6 cm³/mol. The Morgan fingerprint density at radius 2 is 2.55 bits per heavy atom. The number of rotatable bonds is 5. The second kappa shape index (κ2) is 7.01. The summed E-state index contributed by atoms with van der Waals surface area (Å²) >= 11 is 0. The molecule has 0 aliphatic carbocycles. The van der Waals surface area contributed by atoms with Crippen molar-refractivity contribution in [3.8, 4) is 0 Å². The molecule has 11 heavy (non-hydrogen) atoms. The Labute approximate surface area is 65.5 Å². The van der Waals surface area contributed by atoms with E-state index >= 15 is 0 Å². The zero-order chi connectivity index (χ0) is 8.53. The van der Waals surface area contributed by atoms with E-state index in [2.05, 4.69) is 10.5 Å². The maximum Gasteiger partial charge on any atom is 0.265 e. The summed E-state index contributed by atoms with van der Waals surface area (Å²) in [5, 5.41) is 15.1. The van der Waals surface area contributed by atoms with Crippen molar-refractivity contribution in [3.63, 3.8) is 0 Å². The number of nitrogens with two attached hydrogens (primary N) is 1. The first-order chi connectivity index (χ1) is 5.31. The summed E-state index contributed by atoms with van der Waals surface area (Å²) in [4.78, 5) is 10.6. The largest absolute Gasteiger partial charge is 0.411 e. The molecular formula is C6H14N3O2+. The first-order valence-corrected chi connectivity index (χ1v) is 3.54. The van der Waals surface area contributed by atoms with E-state index in [1.807, 2.05) is 12.4 Å². The fourth-order valence-corrected chi connectivity index (χ4v) is 0.616. The van der Waals surface area contributed by atoms with Crippen molar-refractivity contribution in [2.24, 2.45) is 5.16 Å². The van der Waals surface area contributed by atoms with E-state index in [9.17, 15) is 4.79 Å².